The van der Waals surface area contributed by atoms with Gasteiger partial charge in [0.05, 0.1) is 6.42 Å². The van der Waals surface area contributed by atoms with E-state index in [-0.39, 0.29) is 11.7 Å². The van der Waals surface area contributed by atoms with Gasteiger partial charge in [-0.15, -0.1) is 0 Å². The van der Waals surface area contributed by atoms with Gasteiger partial charge in [0.15, 0.2) is 0 Å². The molecule has 0 radical (unpaired) electrons. The highest BCUT2D eigenvalue weighted by Gasteiger charge is 2.02. The summed E-state index contributed by atoms with van der Waals surface area (Å²) in [6.45, 7) is 1.63. The van der Waals surface area contributed by atoms with E-state index in [1.54, 1.807) is 12.1 Å². The molecule has 0 atom stereocenters. The molecule has 0 aliphatic carbocycles. The molecule has 0 fully saturated rings. The molecule has 94 valence electrons. The van der Waals surface area contributed by atoms with E-state index in [0.717, 1.165) is 18.5 Å². The summed E-state index contributed by atoms with van der Waals surface area (Å²) in [5, 5.41) is 2.84. The molecule has 0 spiro atoms. The standard InChI is InChI=1S/C13H19FN2O/c1-16(2)9-3-8-15-13(17)10-11-4-6-12(14)7-5-11/h4-7H,3,8-10H2,1-2H3,(H,15,17). The number of benzene rings is 1. The minimum absolute atomic E-state index is 0.0182. The topological polar surface area (TPSA) is 32.3 Å². The lowest BCUT2D eigenvalue weighted by atomic mass is 10.1. The van der Waals surface area contributed by atoms with Crippen molar-refractivity contribution >= 4 is 5.91 Å². The van der Waals surface area contributed by atoms with Crippen LogP contribution in [0.3, 0.4) is 0 Å². The van der Waals surface area contributed by atoms with Crippen LogP contribution in [0.15, 0.2) is 24.3 Å². The summed E-state index contributed by atoms with van der Waals surface area (Å²) in [7, 11) is 4.00. The van der Waals surface area contributed by atoms with Crippen LogP contribution in [0.4, 0.5) is 4.39 Å². The molecule has 0 heterocycles. The molecule has 1 aromatic rings. The first-order valence-electron chi connectivity index (χ1n) is 5.74. The molecule has 17 heavy (non-hydrogen) atoms. The normalized spacial score (nSPS) is 10.6. The zero-order valence-electron chi connectivity index (χ0n) is 10.4. The Morgan fingerprint density at radius 1 is 1.29 bits per heavy atom. The highest BCUT2D eigenvalue weighted by molar-refractivity contribution is 5.78. The van der Waals surface area contributed by atoms with Crippen molar-refractivity contribution in [2.45, 2.75) is 12.8 Å². The van der Waals surface area contributed by atoms with Crippen LogP contribution < -0.4 is 5.32 Å². The minimum atomic E-state index is -0.278. The number of carbonyl (C=O) groups excluding carboxylic acids is 1. The molecular formula is C13H19FN2O. The molecule has 0 saturated heterocycles. The van der Waals surface area contributed by atoms with Gasteiger partial charge in [-0.2, -0.15) is 0 Å². The van der Waals surface area contributed by atoms with Crippen molar-refractivity contribution in [3.63, 3.8) is 0 Å². The molecule has 0 aromatic heterocycles. The Kier molecular flexibility index (Phi) is 5.63. The van der Waals surface area contributed by atoms with Gasteiger partial charge in [0.1, 0.15) is 5.82 Å². The average Bonchev–Trinajstić information content (AvgIpc) is 2.27. The first kappa shape index (κ1) is 13.6. The van der Waals surface area contributed by atoms with Gasteiger partial charge in [-0.05, 0) is 44.8 Å². The van der Waals surface area contributed by atoms with Gasteiger partial charge in [-0.3, -0.25) is 4.79 Å². The summed E-state index contributed by atoms with van der Waals surface area (Å²) in [6, 6.07) is 6.01. The predicted molar refractivity (Wildman–Crippen MR) is 66.3 cm³/mol. The quantitative estimate of drug-likeness (QED) is 0.761. The molecule has 0 aliphatic rings. The van der Waals surface area contributed by atoms with Crippen molar-refractivity contribution in [1.29, 1.82) is 0 Å². The van der Waals surface area contributed by atoms with E-state index < -0.39 is 0 Å². The van der Waals surface area contributed by atoms with Crippen LogP contribution in [0, 0.1) is 5.82 Å². The second kappa shape index (κ2) is 7.01. The van der Waals surface area contributed by atoms with E-state index >= 15 is 0 Å². The van der Waals surface area contributed by atoms with Gasteiger partial charge in [0, 0.05) is 6.54 Å². The molecule has 1 aromatic carbocycles. The zero-order valence-corrected chi connectivity index (χ0v) is 10.4. The maximum Gasteiger partial charge on any atom is 0.224 e. The van der Waals surface area contributed by atoms with Crippen molar-refractivity contribution in [1.82, 2.24) is 10.2 Å². The molecule has 0 aliphatic heterocycles. The summed E-state index contributed by atoms with van der Waals surface area (Å²) in [4.78, 5) is 13.6. The van der Waals surface area contributed by atoms with Crippen LogP contribution in [-0.2, 0) is 11.2 Å². The summed E-state index contributed by atoms with van der Waals surface area (Å²) < 4.78 is 12.6. The Morgan fingerprint density at radius 2 is 1.94 bits per heavy atom. The van der Waals surface area contributed by atoms with Gasteiger partial charge in [0.2, 0.25) is 5.91 Å². The number of carbonyl (C=O) groups is 1. The third-order valence-electron chi connectivity index (χ3n) is 2.38. The molecule has 1 rings (SSSR count). The Bertz CT molecular complexity index is 349. The van der Waals surface area contributed by atoms with Crippen LogP contribution in [0.2, 0.25) is 0 Å². The molecule has 1 amide bonds. The number of nitrogens with zero attached hydrogens (tertiary/aromatic N) is 1. The van der Waals surface area contributed by atoms with Crippen LogP contribution in [0.25, 0.3) is 0 Å². The third kappa shape index (κ3) is 6.02. The molecule has 0 saturated carbocycles. The monoisotopic (exact) mass is 238 g/mol. The van der Waals surface area contributed by atoms with E-state index in [1.807, 2.05) is 14.1 Å². The maximum atomic E-state index is 12.6. The summed E-state index contributed by atoms with van der Waals surface area (Å²) in [5.74, 6) is -0.296. The van der Waals surface area contributed by atoms with Gasteiger partial charge in [0.25, 0.3) is 0 Å². The van der Waals surface area contributed by atoms with Crippen molar-refractivity contribution in [2.75, 3.05) is 27.2 Å². The van der Waals surface area contributed by atoms with Crippen molar-refractivity contribution < 1.29 is 9.18 Å². The number of hydrogen-bond donors (Lipinski definition) is 1. The van der Waals surface area contributed by atoms with Crippen LogP contribution in [0.5, 0.6) is 0 Å². The van der Waals surface area contributed by atoms with Crippen LogP contribution in [0.1, 0.15) is 12.0 Å². The number of rotatable bonds is 6. The Balaban J connectivity index is 2.23. The second-order valence-electron chi connectivity index (χ2n) is 4.31. The lowest BCUT2D eigenvalue weighted by Gasteiger charge is -2.09. The van der Waals surface area contributed by atoms with Crippen LogP contribution >= 0.6 is 0 Å². The number of nitrogens with one attached hydrogen (secondary N) is 1. The highest BCUT2D eigenvalue weighted by Crippen LogP contribution is 2.03. The Labute approximate surface area is 102 Å². The van der Waals surface area contributed by atoms with Gasteiger partial charge in [-0.25, -0.2) is 4.39 Å². The predicted octanol–water partition coefficient (Wildman–Crippen LogP) is 1.44. The fraction of sp³-hybridized carbons (Fsp3) is 0.462. The average molecular weight is 238 g/mol. The summed E-state index contributed by atoms with van der Waals surface area (Å²) in [6.07, 6.45) is 1.24. The van der Waals surface area contributed by atoms with Crippen molar-refractivity contribution in [3.05, 3.63) is 35.6 Å². The van der Waals surface area contributed by atoms with E-state index in [4.69, 9.17) is 0 Å². The fourth-order valence-corrected chi connectivity index (χ4v) is 1.47. The van der Waals surface area contributed by atoms with Crippen LogP contribution in [-0.4, -0.2) is 38.0 Å². The molecule has 0 unspecified atom stereocenters. The van der Waals surface area contributed by atoms with E-state index in [9.17, 15) is 9.18 Å². The lowest BCUT2D eigenvalue weighted by Crippen LogP contribution is -2.28. The second-order valence-corrected chi connectivity index (χ2v) is 4.31. The maximum absolute atomic E-state index is 12.6. The number of halogens is 1. The molecule has 0 bridgehead atoms. The Morgan fingerprint density at radius 3 is 2.53 bits per heavy atom. The smallest absolute Gasteiger partial charge is 0.224 e. The minimum Gasteiger partial charge on any atom is -0.356 e. The lowest BCUT2D eigenvalue weighted by molar-refractivity contribution is -0.120. The first-order valence-corrected chi connectivity index (χ1v) is 5.74. The first-order chi connectivity index (χ1) is 8.08. The van der Waals surface area contributed by atoms with Gasteiger partial charge >= 0.3 is 0 Å². The fourth-order valence-electron chi connectivity index (χ4n) is 1.47. The van der Waals surface area contributed by atoms with Gasteiger partial charge in [-0.1, -0.05) is 12.1 Å². The zero-order chi connectivity index (χ0) is 12.7. The molecule has 4 heteroatoms. The molecular weight excluding hydrogens is 219 g/mol. The van der Waals surface area contributed by atoms with E-state index in [2.05, 4.69) is 10.2 Å². The van der Waals surface area contributed by atoms with Crippen molar-refractivity contribution in [2.24, 2.45) is 0 Å². The van der Waals surface area contributed by atoms with Gasteiger partial charge < -0.3 is 10.2 Å². The van der Waals surface area contributed by atoms with E-state index in [1.165, 1.54) is 12.1 Å². The number of amides is 1. The molecule has 3 nitrogen and oxygen atoms in total. The largest absolute Gasteiger partial charge is 0.356 e. The molecule has 1 N–H and O–H groups in total. The highest BCUT2D eigenvalue weighted by atomic mass is 19.1. The third-order valence-corrected chi connectivity index (χ3v) is 2.38. The Hall–Kier alpha value is -1.42. The van der Waals surface area contributed by atoms with Crippen molar-refractivity contribution in [3.8, 4) is 0 Å². The summed E-state index contributed by atoms with van der Waals surface area (Å²) in [5.41, 5.74) is 0.830. The SMILES string of the molecule is CN(C)CCCNC(=O)Cc1ccc(F)cc1. The van der Waals surface area contributed by atoms with E-state index in [0.29, 0.717) is 13.0 Å². The number of hydrogen-bond acceptors (Lipinski definition) is 2. The summed E-state index contributed by atoms with van der Waals surface area (Å²) >= 11 is 0.